The number of nitrogens with zero attached hydrogens (tertiary/aromatic N) is 3. The first-order valence-corrected chi connectivity index (χ1v) is 9.92. The van der Waals surface area contributed by atoms with Crippen LogP contribution in [0.3, 0.4) is 0 Å². The van der Waals surface area contributed by atoms with Gasteiger partial charge in [-0.15, -0.1) is 0 Å². The molecule has 4 rings (SSSR count). The molecule has 3 aromatic rings. The highest BCUT2D eigenvalue weighted by atomic mass is 16.5. The molecule has 10 nitrogen and oxygen atoms in total. The summed E-state index contributed by atoms with van der Waals surface area (Å²) in [4.78, 5) is 26.0. The van der Waals surface area contributed by atoms with Crippen LogP contribution in [0.4, 0.5) is 0 Å². The van der Waals surface area contributed by atoms with Gasteiger partial charge in [0.25, 0.3) is 11.8 Å². The van der Waals surface area contributed by atoms with Gasteiger partial charge in [-0.2, -0.15) is 10.2 Å². The van der Waals surface area contributed by atoms with Gasteiger partial charge in [0, 0.05) is 30.3 Å². The number of carbonyl (C=O) groups excluding carboxylic acids is 2. The molecule has 31 heavy (non-hydrogen) atoms. The first kappa shape index (κ1) is 20.5. The van der Waals surface area contributed by atoms with Gasteiger partial charge in [-0.1, -0.05) is 0 Å². The zero-order valence-corrected chi connectivity index (χ0v) is 17.3. The van der Waals surface area contributed by atoms with Crippen molar-refractivity contribution in [3.8, 4) is 22.8 Å². The van der Waals surface area contributed by atoms with E-state index in [2.05, 4.69) is 20.4 Å². The molecule has 0 atom stereocenters. The molecule has 0 saturated carbocycles. The van der Waals surface area contributed by atoms with Gasteiger partial charge in [-0.05, 0) is 43.2 Å². The number of likely N-dealkylation sites (tertiary alicyclic amines) is 1. The number of H-pyrrole nitrogens is 2. The highest BCUT2D eigenvalue weighted by Crippen LogP contribution is 2.33. The molecule has 4 N–H and O–H groups in total. The molecular weight excluding hydrogens is 400 g/mol. The summed E-state index contributed by atoms with van der Waals surface area (Å²) < 4.78 is 10.7. The van der Waals surface area contributed by atoms with Gasteiger partial charge >= 0.3 is 0 Å². The summed E-state index contributed by atoms with van der Waals surface area (Å²) in [6.45, 7) is 1.18. The largest absolute Gasteiger partial charge is 0.497 e. The van der Waals surface area contributed by atoms with Gasteiger partial charge in [-0.25, -0.2) is 0 Å². The van der Waals surface area contributed by atoms with Crippen LogP contribution in [-0.4, -0.2) is 64.4 Å². The fourth-order valence-corrected chi connectivity index (χ4v) is 3.82. The molecule has 1 saturated heterocycles. The Labute approximate surface area is 178 Å². The molecule has 1 fully saturated rings. The lowest BCUT2D eigenvalue weighted by molar-refractivity contribution is 0.0706. The van der Waals surface area contributed by atoms with Crippen molar-refractivity contribution < 1.29 is 19.1 Å². The molecule has 0 spiro atoms. The van der Waals surface area contributed by atoms with E-state index in [1.165, 1.54) is 0 Å². The van der Waals surface area contributed by atoms with Gasteiger partial charge in [-0.3, -0.25) is 19.8 Å². The van der Waals surface area contributed by atoms with E-state index in [0.717, 1.165) is 24.1 Å². The maximum absolute atomic E-state index is 13.0. The van der Waals surface area contributed by atoms with Crippen LogP contribution >= 0.6 is 0 Å². The Hall–Kier alpha value is -3.82. The summed E-state index contributed by atoms with van der Waals surface area (Å²) in [5, 5.41) is 14.0. The topological polar surface area (TPSA) is 139 Å². The van der Waals surface area contributed by atoms with E-state index < -0.39 is 5.91 Å². The number of nitrogens with one attached hydrogen (secondary N) is 2. The number of methoxy groups -OCH3 is 2. The Morgan fingerprint density at radius 1 is 1.06 bits per heavy atom. The van der Waals surface area contributed by atoms with E-state index in [1.807, 2.05) is 6.07 Å². The number of nitrogens with two attached hydrogens (primary N) is 1. The Morgan fingerprint density at radius 3 is 2.48 bits per heavy atom. The van der Waals surface area contributed by atoms with Gasteiger partial charge in [0.2, 0.25) is 0 Å². The van der Waals surface area contributed by atoms with E-state index in [9.17, 15) is 9.59 Å². The lowest BCUT2D eigenvalue weighted by Gasteiger charge is -2.31. The lowest BCUT2D eigenvalue weighted by atomic mass is 9.93. The number of amides is 2. The Kier molecular flexibility index (Phi) is 5.61. The number of aromatic amines is 2. The molecule has 1 aliphatic rings. The van der Waals surface area contributed by atoms with Crippen molar-refractivity contribution >= 4 is 11.8 Å². The summed E-state index contributed by atoms with van der Waals surface area (Å²) in [7, 11) is 3.17. The van der Waals surface area contributed by atoms with Crippen molar-refractivity contribution in [1.29, 1.82) is 0 Å². The molecular formula is C21H24N6O4. The number of piperidine rings is 1. The monoisotopic (exact) mass is 424 g/mol. The quantitative estimate of drug-likeness (QED) is 0.553. The van der Waals surface area contributed by atoms with Crippen LogP contribution in [0.25, 0.3) is 11.3 Å². The molecule has 162 valence electrons. The average molecular weight is 424 g/mol. The molecule has 0 bridgehead atoms. The predicted molar refractivity (Wildman–Crippen MR) is 112 cm³/mol. The van der Waals surface area contributed by atoms with Gasteiger partial charge in [0.05, 0.1) is 19.9 Å². The fourth-order valence-electron chi connectivity index (χ4n) is 3.82. The number of hydrogen-bond donors (Lipinski definition) is 3. The summed E-state index contributed by atoms with van der Waals surface area (Å²) >= 11 is 0. The third-order valence-electron chi connectivity index (χ3n) is 5.56. The molecule has 2 amide bonds. The normalized spacial score (nSPS) is 14.5. The number of carbonyl (C=O) groups is 2. The van der Waals surface area contributed by atoms with E-state index in [4.69, 9.17) is 15.2 Å². The predicted octanol–water partition coefficient (Wildman–Crippen LogP) is 1.94. The SMILES string of the molecule is COc1ccc(OC)c(-c2cc(C(=O)N3CCC(c4cc(C(N)=O)n[nH]4)CC3)[nH]n2)c1. The van der Waals surface area contributed by atoms with Crippen molar-refractivity contribution in [3.05, 3.63) is 47.4 Å². The maximum atomic E-state index is 13.0. The van der Waals surface area contributed by atoms with Gasteiger partial charge in [0.1, 0.15) is 22.9 Å². The second-order valence-corrected chi connectivity index (χ2v) is 7.37. The Bertz CT molecular complexity index is 1100. The number of rotatable bonds is 6. The molecule has 2 aromatic heterocycles. The highest BCUT2D eigenvalue weighted by molar-refractivity contribution is 5.93. The lowest BCUT2D eigenvalue weighted by Crippen LogP contribution is -2.38. The van der Waals surface area contributed by atoms with Gasteiger partial charge < -0.3 is 20.1 Å². The number of benzene rings is 1. The van der Waals surface area contributed by atoms with Crippen molar-refractivity contribution in [2.45, 2.75) is 18.8 Å². The fraction of sp³-hybridized carbons (Fsp3) is 0.333. The number of hydrogen-bond acceptors (Lipinski definition) is 6. The van der Waals surface area contributed by atoms with Crippen LogP contribution in [0.1, 0.15) is 45.4 Å². The smallest absolute Gasteiger partial charge is 0.271 e. The molecule has 10 heteroatoms. The van der Waals surface area contributed by atoms with Crippen LogP contribution in [-0.2, 0) is 0 Å². The number of primary amides is 1. The number of ether oxygens (including phenoxy) is 2. The molecule has 0 aliphatic carbocycles. The van der Waals surface area contributed by atoms with E-state index in [-0.39, 0.29) is 17.5 Å². The van der Waals surface area contributed by atoms with Crippen LogP contribution in [0.2, 0.25) is 0 Å². The second-order valence-electron chi connectivity index (χ2n) is 7.37. The van der Waals surface area contributed by atoms with Crippen molar-refractivity contribution in [1.82, 2.24) is 25.3 Å². The molecule has 0 radical (unpaired) electrons. The summed E-state index contributed by atoms with van der Waals surface area (Å²) in [5.74, 6) is 0.844. The minimum atomic E-state index is -0.558. The second kappa shape index (κ2) is 8.50. The van der Waals surface area contributed by atoms with E-state index in [1.54, 1.807) is 43.4 Å². The van der Waals surface area contributed by atoms with Crippen molar-refractivity contribution in [2.75, 3.05) is 27.3 Å². The average Bonchev–Trinajstić information content (AvgIpc) is 3.48. The standard InChI is InChI=1S/C21H24N6O4/c1-30-13-3-4-19(31-2)14(9-13)16-11-18(26-24-16)21(29)27-7-5-12(6-8-27)15-10-17(20(22)28)25-23-15/h3-4,9-12H,5-8H2,1-2H3,(H2,22,28)(H,23,25)(H,24,26). The molecule has 3 heterocycles. The molecule has 0 unspecified atom stereocenters. The van der Waals surface area contributed by atoms with Crippen molar-refractivity contribution in [2.24, 2.45) is 5.73 Å². The van der Waals surface area contributed by atoms with E-state index >= 15 is 0 Å². The third-order valence-corrected chi connectivity index (χ3v) is 5.56. The van der Waals surface area contributed by atoms with Crippen LogP contribution in [0, 0.1) is 0 Å². The zero-order valence-electron chi connectivity index (χ0n) is 17.3. The number of aromatic nitrogens is 4. The highest BCUT2D eigenvalue weighted by Gasteiger charge is 2.27. The minimum absolute atomic E-state index is 0.110. The van der Waals surface area contributed by atoms with Crippen LogP contribution in [0.15, 0.2) is 30.3 Å². The van der Waals surface area contributed by atoms with Crippen LogP contribution in [0.5, 0.6) is 11.5 Å². The minimum Gasteiger partial charge on any atom is -0.497 e. The Morgan fingerprint density at radius 2 is 1.84 bits per heavy atom. The summed E-state index contributed by atoms with van der Waals surface area (Å²) in [6, 6.07) is 8.83. The van der Waals surface area contributed by atoms with E-state index in [0.29, 0.717) is 36.0 Å². The van der Waals surface area contributed by atoms with Gasteiger partial charge in [0.15, 0.2) is 0 Å². The van der Waals surface area contributed by atoms with Crippen molar-refractivity contribution in [3.63, 3.8) is 0 Å². The molecule has 1 aromatic carbocycles. The Balaban J connectivity index is 1.44. The summed E-state index contributed by atoms with van der Waals surface area (Å²) in [6.07, 6.45) is 1.52. The summed E-state index contributed by atoms with van der Waals surface area (Å²) in [5.41, 5.74) is 8.11. The first-order valence-electron chi connectivity index (χ1n) is 9.92. The maximum Gasteiger partial charge on any atom is 0.271 e. The zero-order chi connectivity index (χ0) is 22.0. The molecule has 1 aliphatic heterocycles. The van der Waals surface area contributed by atoms with Crippen LogP contribution < -0.4 is 15.2 Å². The first-order chi connectivity index (χ1) is 15.0. The third kappa shape index (κ3) is 4.09.